The number of rotatable bonds is 4. The van der Waals surface area contributed by atoms with Crippen molar-refractivity contribution in [3.05, 3.63) is 63.9 Å². The lowest BCUT2D eigenvalue weighted by molar-refractivity contribution is -0.0775. The van der Waals surface area contributed by atoms with Gasteiger partial charge in [-0.3, -0.25) is 14.8 Å². The minimum absolute atomic E-state index is 0.497. The number of hydrogen-bond donors (Lipinski definition) is 0. The van der Waals surface area contributed by atoms with Crippen molar-refractivity contribution in [2.24, 2.45) is 0 Å². The highest BCUT2D eigenvalue weighted by Gasteiger charge is 2.44. The van der Waals surface area contributed by atoms with E-state index in [9.17, 15) is 8.78 Å². The van der Waals surface area contributed by atoms with Crippen LogP contribution in [0.15, 0.2) is 41.1 Å². The molecule has 0 spiro atoms. The van der Waals surface area contributed by atoms with Gasteiger partial charge in [0.2, 0.25) is 0 Å². The Labute approximate surface area is 148 Å². The summed E-state index contributed by atoms with van der Waals surface area (Å²) < 4.78 is 27.4. The van der Waals surface area contributed by atoms with Crippen molar-refractivity contribution in [1.29, 1.82) is 0 Å². The standard InChI is InChI=1S/C18H18BrF2N3/c19-14-3-13(6-22-7-14)8-23-10-15-5-16(11-23)24(15)9-12-1-2-17(20)18(21)4-12/h1-4,6-7,15-16H,5,8-11H2. The number of piperazine rings is 1. The Bertz CT molecular complexity index is 743. The molecule has 2 unspecified atom stereocenters. The summed E-state index contributed by atoms with van der Waals surface area (Å²) in [5, 5.41) is 0. The summed E-state index contributed by atoms with van der Waals surface area (Å²) in [4.78, 5) is 9.07. The SMILES string of the molecule is Fc1ccc(CN2C3CC2CN(Cc2cncc(Br)c2)C3)cc1F. The van der Waals surface area contributed by atoms with Crippen LogP contribution in [0.5, 0.6) is 0 Å². The first-order chi connectivity index (χ1) is 11.6. The number of benzene rings is 1. The molecule has 2 bridgehead atoms. The molecule has 1 aromatic carbocycles. The van der Waals surface area contributed by atoms with E-state index in [2.05, 4.69) is 36.8 Å². The molecule has 0 aliphatic carbocycles. The van der Waals surface area contributed by atoms with Crippen LogP contribution in [-0.4, -0.2) is 40.0 Å². The molecule has 1 aromatic heterocycles. The average molecular weight is 394 g/mol. The molecule has 3 nitrogen and oxygen atoms in total. The highest BCUT2D eigenvalue weighted by molar-refractivity contribution is 9.10. The number of pyridine rings is 1. The molecule has 6 heteroatoms. The zero-order chi connectivity index (χ0) is 16.7. The molecule has 3 aliphatic rings. The lowest BCUT2D eigenvalue weighted by Gasteiger charge is -2.56. The van der Waals surface area contributed by atoms with Gasteiger partial charge in [0.05, 0.1) is 0 Å². The summed E-state index contributed by atoms with van der Waals surface area (Å²) in [6.45, 7) is 3.61. The highest BCUT2D eigenvalue weighted by Crippen LogP contribution is 2.34. The third kappa shape index (κ3) is 3.23. The Morgan fingerprint density at radius 2 is 1.79 bits per heavy atom. The predicted molar refractivity (Wildman–Crippen MR) is 91.3 cm³/mol. The second-order valence-electron chi connectivity index (χ2n) is 6.67. The molecule has 5 rings (SSSR count). The van der Waals surface area contributed by atoms with Gasteiger partial charge in [-0.05, 0) is 51.7 Å². The van der Waals surface area contributed by atoms with Gasteiger partial charge in [-0.1, -0.05) is 6.07 Å². The quantitative estimate of drug-likeness (QED) is 0.791. The number of halogens is 3. The van der Waals surface area contributed by atoms with Crippen LogP contribution in [0.2, 0.25) is 0 Å². The van der Waals surface area contributed by atoms with E-state index in [1.807, 2.05) is 6.20 Å². The fourth-order valence-corrected chi connectivity index (χ4v) is 4.22. The van der Waals surface area contributed by atoms with Gasteiger partial charge < -0.3 is 0 Å². The molecule has 4 heterocycles. The zero-order valence-electron chi connectivity index (χ0n) is 13.1. The second kappa shape index (κ2) is 6.50. The average Bonchev–Trinajstić information content (AvgIpc) is 2.56. The molecule has 2 atom stereocenters. The zero-order valence-corrected chi connectivity index (χ0v) is 14.7. The van der Waals surface area contributed by atoms with Crippen molar-refractivity contribution >= 4 is 15.9 Å². The normalized spacial score (nSPS) is 24.0. The van der Waals surface area contributed by atoms with Gasteiger partial charge in [0.15, 0.2) is 11.6 Å². The summed E-state index contributed by atoms with van der Waals surface area (Å²) in [7, 11) is 0. The van der Waals surface area contributed by atoms with E-state index >= 15 is 0 Å². The maximum Gasteiger partial charge on any atom is 0.159 e. The van der Waals surface area contributed by atoms with E-state index in [1.54, 1.807) is 12.3 Å². The van der Waals surface area contributed by atoms with Crippen molar-refractivity contribution in [3.63, 3.8) is 0 Å². The Kier molecular flexibility index (Phi) is 4.37. The summed E-state index contributed by atoms with van der Waals surface area (Å²) in [6.07, 6.45) is 4.89. The van der Waals surface area contributed by atoms with Crippen LogP contribution in [0.4, 0.5) is 8.78 Å². The Hall–Kier alpha value is -1.37. The molecule has 3 saturated heterocycles. The molecule has 126 valence electrons. The van der Waals surface area contributed by atoms with Gasteiger partial charge in [-0.15, -0.1) is 0 Å². The maximum absolute atomic E-state index is 13.4. The number of hydrogen-bond acceptors (Lipinski definition) is 3. The van der Waals surface area contributed by atoms with Gasteiger partial charge in [0.25, 0.3) is 0 Å². The van der Waals surface area contributed by atoms with E-state index in [-0.39, 0.29) is 0 Å². The highest BCUT2D eigenvalue weighted by atomic mass is 79.9. The van der Waals surface area contributed by atoms with E-state index in [4.69, 9.17) is 0 Å². The third-order valence-electron chi connectivity index (χ3n) is 4.94. The van der Waals surface area contributed by atoms with Crippen LogP contribution >= 0.6 is 15.9 Å². The number of fused-ring (bicyclic) bond motifs is 2. The summed E-state index contributed by atoms with van der Waals surface area (Å²) in [5.41, 5.74) is 2.05. The van der Waals surface area contributed by atoms with Crippen LogP contribution in [0.3, 0.4) is 0 Å². The van der Waals surface area contributed by atoms with Gasteiger partial charge in [-0.2, -0.15) is 0 Å². The van der Waals surface area contributed by atoms with Gasteiger partial charge in [-0.25, -0.2) is 8.78 Å². The summed E-state index contributed by atoms with van der Waals surface area (Å²) >= 11 is 3.46. The third-order valence-corrected chi connectivity index (χ3v) is 5.37. The number of aromatic nitrogens is 1. The second-order valence-corrected chi connectivity index (χ2v) is 7.59. The number of piperidine rings is 1. The van der Waals surface area contributed by atoms with Crippen LogP contribution in [-0.2, 0) is 13.1 Å². The van der Waals surface area contributed by atoms with Crippen molar-refractivity contribution in [2.75, 3.05) is 13.1 Å². The molecule has 3 aliphatic heterocycles. The van der Waals surface area contributed by atoms with Gasteiger partial charge >= 0.3 is 0 Å². The molecule has 3 fully saturated rings. The van der Waals surface area contributed by atoms with Crippen LogP contribution in [0, 0.1) is 11.6 Å². The summed E-state index contributed by atoms with van der Waals surface area (Å²) in [6, 6.07) is 7.30. The van der Waals surface area contributed by atoms with Crippen molar-refractivity contribution in [3.8, 4) is 0 Å². The Morgan fingerprint density at radius 3 is 2.50 bits per heavy atom. The summed E-state index contributed by atoms with van der Waals surface area (Å²) in [5.74, 6) is -1.54. The minimum atomic E-state index is -0.781. The van der Waals surface area contributed by atoms with E-state index in [0.717, 1.165) is 29.7 Å². The fourth-order valence-electron chi connectivity index (χ4n) is 3.81. The number of nitrogens with zero attached hydrogens (tertiary/aromatic N) is 3. The molecular formula is C18H18BrF2N3. The monoisotopic (exact) mass is 393 g/mol. The fraction of sp³-hybridized carbons (Fsp3) is 0.389. The van der Waals surface area contributed by atoms with E-state index < -0.39 is 11.6 Å². The first kappa shape index (κ1) is 16.1. The van der Waals surface area contributed by atoms with Crippen molar-refractivity contribution in [1.82, 2.24) is 14.8 Å². The van der Waals surface area contributed by atoms with Gasteiger partial charge in [0, 0.05) is 55.1 Å². The predicted octanol–water partition coefficient (Wildman–Crippen LogP) is 3.58. The van der Waals surface area contributed by atoms with E-state index in [0.29, 0.717) is 18.6 Å². The molecule has 0 N–H and O–H groups in total. The Morgan fingerprint density at radius 1 is 1.00 bits per heavy atom. The smallest absolute Gasteiger partial charge is 0.159 e. The molecule has 0 amide bonds. The molecular weight excluding hydrogens is 376 g/mol. The molecule has 24 heavy (non-hydrogen) atoms. The van der Waals surface area contributed by atoms with Crippen LogP contribution < -0.4 is 0 Å². The van der Waals surface area contributed by atoms with Crippen molar-refractivity contribution < 1.29 is 8.78 Å². The lowest BCUT2D eigenvalue weighted by atomic mass is 9.86. The Balaban J connectivity index is 1.37. The maximum atomic E-state index is 13.4. The van der Waals surface area contributed by atoms with E-state index in [1.165, 1.54) is 24.1 Å². The lowest BCUT2D eigenvalue weighted by Crippen LogP contribution is -2.67. The van der Waals surface area contributed by atoms with Gasteiger partial charge in [0.1, 0.15) is 0 Å². The first-order valence-corrected chi connectivity index (χ1v) is 8.89. The first-order valence-electron chi connectivity index (χ1n) is 8.10. The molecule has 0 radical (unpaired) electrons. The molecule has 0 saturated carbocycles. The van der Waals surface area contributed by atoms with Crippen molar-refractivity contribution in [2.45, 2.75) is 31.6 Å². The minimum Gasteiger partial charge on any atom is -0.296 e. The van der Waals surface area contributed by atoms with Crippen LogP contribution in [0.1, 0.15) is 17.5 Å². The molecule has 2 aromatic rings. The largest absolute Gasteiger partial charge is 0.296 e. The van der Waals surface area contributed by atoms with Crippen LogP contribution in [0.25, 0.3) is 0 Å². The topological polar surface area (TPSA) is 19.4 Å².